The van der Waals surface area contributed by atoms with E-state index in [1.807, 2.05) is 17.7 Å². The summed E-state index contributed by atoms with van der Waals surface area (Å²) in [5, 5.41) is 12.2. The van der Waals surface area contributed by atoms with E-state index in [1.54, 1.807) is 12.1 Å². The molecule has 3 nitrogen and oxygen atoms in total. The van der Waals surface area contributed by atoms with Crippen molar-refractivity contribution >= 4 is 0 Å². The normalized spacial score (nSPS) is 17.3. The Morgan fingerprint density at radius 1 is 1.43 bits per heavy atom. The first-order valence-corrected chi connectivity index (χ1v) is 7.26. The van der Waals surface area contributed by atoms with Crippen LogP contribution < -0.4 is 5.32 Å². The Bertz CT molecular complexity index is 697. The molecule has 1 aromatic carbocycles. The highest BCUT2D eigenvalue weighted by atomic mass is 19.1. The van der Waals surface area contributed by atoms with Gasteiger partial charge in [0.15, 0.2) is 0 Å². The molecule has 0 aliphatic heterocycles. The highest BCUT2D eigenvalue weighted by molar-refractivity contribution is 5.36. The minimum atomic E-state index is -0.406. The molecule has 1 unspecified atom stereocenters. The molecule has 108 valence electrons. The van der Waals surface area contributed by atoms with Crippen molar-refractivity contribution in [3.63, 3.8) is 0 Å². The van der Waals surface area contributed by atoms with Crippen LogP contribution in [0.1, 0.15) is 41.1 Å². The fraction of sp³-hybridized carbons (Fsp3) is 0.353. The minimum Gasteiger partial charge on any atom is -0.349 e. The molecule has 2 aromatic rings. The summed E-state index contributed by atoms with van der Waals surface area (Å²) in [5.74, 6) is -0.406. The second kappa shape index (κ2) is 5.71. The standard InChI is InChI=1S/C17H18FN3/c1-20-16-7-3-5-13-9-21(11-15(13)16)10-14-6-2-4-12(8-19)17(14)18/h2,4,6,9,11,16,20H,3,5,7,10H2,1H3. The van der Waals surface area contributed by atoms with Gasteiger partial charge in [-0.1, -0.05) is 12.1 Å². The molecule has 1 aromatic heterocycles. The molecule has 1 aliphatic carbocycles. The molecule has 0 bridgehead atoms. The Morgan fingerprint density at radius 2 is 2.29 bits per heavy atom. The molecule has 1 aliphatic rings. The topological polar surface area (TPSA) is 40.8 Å². The summed E-state index contributed by atoms with van der Waals surface area (Å²) in [7, 11) is 1.98. The van der Waals surface area contributed by atoms with Gasteiger partial charge in [0.25, 0.3) is 0 Å². The average Bonchev–Trinajstić information content (AvgIpc) is 2.91. The van der Waals surface area contributed by atoms with Gasteiger partial charge in [-0.25, -0.2) is 4.39 Å². The number of fused-ring (bicyclic) bond motifs is 1. The Hall–Kier alpha value is -2.12. The van der Waals surface area contributed by atoms with E-state index < -0.39 is 5.82 Å². The molecule has 1 N–H and O–H groups in total. The third-order valence-corrected chi connectivity index (χ3v) is 4.21. The first-order valence-electron chi connectivity index (χ1n) is 7.26. The smallest absolute Gasteiger partial charge is 0.145 e. The van der Waals surface area contributed by atoms with E-state index in [0.717, 1.165) is 12.8 Å². The van der Waals surface area contributed by atoms with E-state index in [0.29, 0.717) is 18.2 Å². The molecule has 21 heavy (non-hydrogen) atoms. The largest absolute Gasteiger partial charge is 0.349 e. The average molecular weight is 283 g/mol. The summed E-state index contributed by atoms with van der Waals surface area (Å²) in [6, 6.07) is 7.27. The van der Waals surface area contributed by atoms with Crippen molar-refractivity contribution in [3.05, 3.63) is 58.7 Å². The zero-order chi connectivity index (χ0) is 14.8. The number of nitriles is 1. The predicted octanol–water partition coefficient (Wildman–Crippen LogP) is 3.14. The number of aryl methyl sites for hydroxylation is 1. The van der Waals surface area contributed by atoms with E-state index in [4.69, 9.17) is 5.26 Å². The molecule has 0 spiro atoms. The van der Waals surface area contributed by atoms with Crippen LogP contribution in [0.15, 0.2) is 30.6 Å². The van der Waals surface area contributed by atoms with Crippen molar-refractivity contribution in [1.82, 2.24) is 9.88 Å². The number of nitrogens with zero attached hydrogens (tertiary/aromatic N) is 2. The molecule has 0 radical (unpaired) electrons. The fourth-order valence-electron chi connectivity index (χ4n) is 3.12. The van der Waals surface area contributed by atoms with Crippen molar-refractivity contribution in [2.75, 3.05) is 7.05 Å². The molecule has 0 amide bonds. The van der Waals surface area contributed by atoms with Crippen molar-refractivity contribution in [3.8, 4) is 6.07 Å². The highest BCUT2D eigenvalue weighted by Crippen LogP contribution is 2.30. The summed E-state index contributed by atoms with van der Waals surface area (Å²) in [5.41, 5.74) is 3.33. The lowest BCUT2D eigenvalue weighted by molar-refractivity contribution is 0.498. The highest BCUT2D eigenvalue weighted by Gasteiger charge is 2.20. The summed E-state index contributed by atoms with van der Waals surface area (Å²) >= 11 is 0. The van der Waals surface area contributed by atoms with Crippen LogP contribution in [-0.4, -0.2) is 11.6 Å². The van der Waals surface area contributed by atoms with Gasteiger partial charge in [0, 0.05) is 30.5 Å². The fourth-order valence-corrected chi connectivity index (χ4v) is 3.12. The van der Waals surface area contributed by atoms with Gasteiger partial charge >= 0.3 is 0 Å². The van der Waals surface area contributed by atoms with Crippen molar-refractivity contribution in [1.29, 1.82) is 5.26 Å². The third kappa shape index (κ3) is 2.57. The third-order valence-electron chi connectivity index (χ3n) is 4.21. The van der Waals surface area contributed by atoms with Gasteiger partial charge in [-0.3, -0.25) is 0 Å². The van der Waals surface area contributed by atoms with Gasteiger partial charge in [-0.15, -0.1) is 0 Å². The predicted molar refractivity (Wildman–Crippen MR) is 79.4 cm³/mol. The van der Waals surface area contributed by atoms with E-state index in [2.05, 4.69) is 17.7 Å². The van der Waals surface area contributed by atoms with Gasteiger partial charge in [0.2, 0.25) is 0 Å². The van der Waals surface area contributed by atoms with Gasteiger partial charge in [0.1, 0.15) is 11.9 Å². The lowest BCUT2D eigenvalue weighted by Gasteiger charge is -2.21. The maximum atomic E-state index is 14.1. The van der Waals surface area contributed by atoms with Gasteiger partial charge < -0.3 is 9.88 Å². The van der Waals surface area contributed by atoms with E-state index in [-0.39, 0.29) is 5.56 Å². The molecule has 1 atom stereocenters. The van der Waals surface area contributed by atoms with Gasteiger partial charge in [-0.05, 0) is 43.5 Å². The first kappa shape index (κ1) is 13.8. The van der Waals surface area contributed by atoms with Crippen molar-refractivity contribution in [2.45, 2.75) is 31.8 Å². The van der Waals surface area contributed by atoms with E-state index in [9.17, 15) is 4.39 Å². The summed E-state index contributed by atoms with van der Waals surface area (Å²) < 4.78 is 16.2. The second-order valence-corrected chi connectivity index (χ2v) is 5.54. The van der Waals surface area contributed by atoms with Gasteiger partial charge in [0.05, 0.1) is 5.56 Å². The van der Waals surface area contributed by atoms with Crippen molar-refractivity contribution < 1.29 is 4.39 Å². The van der Waals surface area contributed by atoms with Crippen molar-refractivity contribution in [2.24, 2.45) is 0 Å². The van der Waals surface area contributed by atoms with Crippen LogP contribution in [0.2, 0.25) is 0 Å². The number of hydrogen-bond acceptors (Lipinski definition) is 2. The number of aromatic nitrogens is 1. The number of halogens is 1. The Balaban J connectivity index is 1.90. The molecule has 4 heteroatoms. The molecule has 0 saturated heterocycles. The Morgan fingerprint density at radius 3 is 3.05 bits per heavy atom. The van der Waals surface area contributed by atoms with Crippen LogP contribution in [0.25, 0.3) is 0 Å². The van der Waals surface area contributed by atoms with E-state index in [1.165, 1.54) is 23.6 Å². The first-order chi connectivity index (χ1) is 10.2. The Kier molecular flexibility index (Phi) is 3.76. The van der Waals surface area contributed by atoms with Crippen LogP contribution in [0.5, 0.6) is 0 Å². The molecular formula is C17H18FN3. The summed E-state index contributed by atoms with van der Waals surface area (Å²) in [6.07, 6.45) is 7.62. The molecule has 0 fully saturated rings. The number of hydrogen-bond donors (Lipinski definition) is 1. The molecule has 1 heterocycles. The number of benzene rings is 1. The van der Waals surface area contributed by atoms with Crippen LogP contribution in [0, 0.1) is 17.1 Å². The van der Waals surface area contributed by atoms with Gasteiger partial charge in [-0.2, -0.15) is 5.26 Å². The molecular weight excluding hydrogens is 265 g/mol. The zero-order valence-corrected chi connectivity index (χ0v) is 12.1. The maximum absolute atomic E-state index is 14.1. The van der Waals surface area contributed by atoms with Crippen LogP contribution in [0.4, 0.5) is 4.39 Å². The molecule has 0 saturated carbocycles. The molecule has 3 rings (SSSR count). The quantitative estimate of drug-likeness (QED) is 0.940. The lowest BCUT2D eigenvalue weighted by atomic mass is 9.91. The maximum Gasteiger partial charge on any atom is 0.145 e. The SMILES string of the molecule is CNC1CCCc2cn(Cc3cccc(C#N)c3F)cc21. The van der Waals surface area contributed by atoms with Crippen LogP contribution >= 0.6 is 0 Å². The summed E-state index contributed by atoms with van der Waals surface area (Å²) in [4.78, 5) is 0. The monoisotopic (exact) mass is 283 g/mol. The number of rotatable bonds is 3. The lowest BCUT2D eigenvalue weighted by Crippen LogP contribution is -2.20. The van der Waals surface area contributed by atoms with Crippen LogP contribution in [-0.2, 0) is 13.0 Å². The van der Waals surface area contributed by atoms with Crippen LogP contribution in [0.3, 0.4) is 0 Å². The summed E-state index contributed by atoms with van der Waals surface area (Å²) in [6.45, 7) is 0.463. The Labute approximate surface area is 124 Å². The zero-order valence-electron chi connectivity index (χ0n) is 12.1. The second-order valence-electron chi connectivity index (χ2n) is 5.54. The van der Waals surface area contributed by atoms with E-state index >= 15 is 0 Å². The number of nitrogens with one attached hydrogen (secondary N) is 1. The minimum absolute atomic E-state index is 0.109.